The molecule has 0 bridgehead atoms. The SMILES string of the molecule is CC(C)C1=C(C(C)C)C[C@@H](C(C)C)OC1. The lowest BCUT2D eigenvalue weighted by molar-refractivity contribution is 0.0203. The highest BCUT2D eigenvalue weighted by Crippen LogP contribution is 2.32. The Hall–Kier alpha value is -0.300. The van der Waals surface area contributed by atoms with Gasteiger partial charge in [0.15, 0.2) is 0 Å². The maximum absolute atomic E-state index is 5.94. The maximum atomic E-state index is 5.94. The Labute approximate surface area is 94.9 Å². The molecule has 1 heterocycles. The summed E-state index contributed by atoms with van der Waals surface area (Å²) in [4.78, 5) is 0. The summed E-state index contributed by atoms with van der Waals surface area (Å²) in [6.07, 6.45) is 1.58. The van der Waals surface area contributed by atoms with Crippen LogP contribution in [0.4, 0.5) is 0 Å². The van der Waals surface area contributed by atoms with E-state index in [0.29, 0.717) is 23.9 Å². The first kappa shape index (κ1) is 12.8. The van der Waals surface area contributed by atoms with Crippen molar-refractivity contribution in [1.29, 1.82) is 0 Å². The lowest BCUT2D eigenvalue weighted by Gasteiger charge is -2.33. The monoisotopic (exact) mass is 210 g/mol. The number of ether oxygens (including phenoxy) is 1. The van der Waals surface area contributed by atoms with Gasteiger partial charge in [-0.15, -0.1) is 0 Å². The highest BCUT2D eigenvalue weighted by Gasteiger charge is 2.26. The fourth-order valence-corrected chi connectivity index (χ4v) is 2.27. The van der Waals surface area contributed by atoms with E-state index in [4.69, 9.17) is 4.74 Å². The van der Waals surface area contributed by atoms with Gasteiger partial charge in [-0.2, -0.15) is 0 Å². The average Bonchev–Trinajstić information content (AvgIpc) is 2.16. The van der Waals surface area contributed by atoms with Crippen molar-refractivity contribution in [2.75, 3.05) is 6.61 Å². The minimum Gasteiger partial charge on any atom is -0.373 e. The Morgan fingerprint density at radius 2 is 1.47 bits per heavy atom. The molecule has 1 rings (SSSR count). The molecule has 1 aliphatic rings. The van der Waals surface area contributed by atoms with Crippen molar-refractivity contribution in [2.45, 2.75) is 54.1 Å². The molecule has 0 aromatic carbocycles. The second-order valence-corrected chi connectivity index (χ2v) is 5.66. The van der Waals surface area contributed by atoms with E-state index in [1.807, 2.05) is 0 Å². The normalized spacial score (nSPS) is 23.4. The topological polar surface area (TPSA) is 9.23 Å². The van der Waals surface area contributed by atoms with E-state index >= 15 is 0 Å². The van der Waals surface area contributed by atoms with Gasteiger partial charge in [-0.3, -0.25) is 0 Å². The Morgan fingerprint density at radius 3 is 1.87 bits per heavy atom. The Bertz CT molecular complexity index is 236. The highest BCUT2D eigenvalue weighted by atomic mass is 16.5. The Balaban J connectivity index is 2.86. The van der Waals surface area contributed by atoms with Crippen LogP contribution in [-0.2, 0) is 4.74 Å². The summed E-state index contributed by atoms with van der Waals surface area (Å²) in [7, 11) is 0. The first-order valence-corrected chi connectivity index (χ1v) is 6.26. The molecule has 88 valence electrons. The molecule has 0 radical (unpaired) electrons. The summed E-state index contributed by atoms with van der Waals surface area (Å²) < 4.78 is 5.94. The van der Waals surface area contributed by atoms with Crippen LogP contribution in [0.3, 0.4) is 0 Å². The number of hydrogen-bond donors (Lipinski definition) is 0. The molecule has 0 N–H and O–H groups in total. The molecule has 0 aromatic heterocycles. The van der Waals surface area contributed by atoms with Crippen molar-refractivity contribution in [1.82, 2.24) is 0 Å². The van der Waals surface area contributed by atoms with Gasteiger partial charge >= 0.3 is 0 Å². The molecule has 0 fully saturated rings. The minimum absolute atomic E-state index is 0.435. The molecule has 1 heteroatoms. The zero-order chi connectivity index (χ0) is 11.6. The van der Waals surface area contributed by atoms with Crippen LogP contribution in [0.1, 0.15) is 48.0 Å². The van der Waals surface area contributed by atoms with Crippen molar-refractivity contribution in [3.63, 3.8) is 0 Å². The van der Waals surface area contributed by atoms with Crippen LogP contribution < -0.4 is 0 Å². The van der Waals surface area contributed by atoms with Gasteiger partial charge in [0.2, 0.25) is 0 Å². The smallest absolute Gasteiger partial charge is 0.0686 e. The summed E-state index contributed by atoms with van der Waals surface area (Å²) in [5, 5.41) is 0. The summed E-state index contributed by atoms with van der Waals surface area (Å²) in [6, 6.07) is 0. The molecule has 1 nitrogen and oxygen atoms in total. The molecule has 0 amide bonds. The molecule has 0 aromatic rings. The fraction of sp³-hybridized carbons (Fsp3) is 0.857. The highest BCUT2D eigenvalue weighted by molar-refractivity contribution is 5.21. The van der Waals surface area contributed by atoms with Gasteiger partial charge in [-0.25, -0.2) is 0 Å². The predicted octanol–water partition coefficient (Wildman–Crippen LogP) is 4.04. The van der Waals surface area contributed by atoms with Gasteiger partial charge in [0.05, 0.1) is 12.7 Å². The van der Waals surface area contributed by atoms with Gasteiger partial charge in [-0.05, 0) is 29.7 Å². The van der Waals surface area contributed by atoms with Crippen LogP contribution in [-0.4, -0.2) is 12.7 Å². The summed E-state index contributed by atoms with van der Waals surface area (Å²) in [5.41, 5.74) is 3.19. The zero-order valence-corrected chi connectivity index (χ0v) is 11.1. The van der Waals surface area contributed by atoms with Crippen LogP contribution in [0.5, 0.6) is 0 Å². The Kier molecular flexibility index (Phi) is 4.39. The molecule has 0 saturated heterocycles. The standard InChI is InChI=1S/C14H26O/c1-9(2)12-7-14(11(5)6)15-8-13(12)10(3)4/h9-11,14H,7-8H2,1-6H3/t14-/m0/s1. The van der Waals surface area contributed by atoms with Crippen molar-refractivity contribution in [2.24, 2.45) is 17.8 Å². The summed E-state index contributed by atoms with van der Waals surface area (Å²) >= 11 is 0. The van der Waals surface area contributed by atoms with E-state index in [2.05, 4.69) is 41.5 Å². The third-order valence-corrected chi connectivity index (χ3v) is 3.42. The molecule has 0 spiro atoms. The quantitative estimate of drug-likeness (QED) is 0.639. The van der Waals surface area contributed by atoms with Crippen molar-refractivity contribution in [3.05, 3.63) is 11.1 Å². The van der Waals surface area contributed by atoms with Crippen molar-refractivity contribution in [3.8, 4) is 0 Å². The molecule has 1 aliphatic heterocycles. The molecule has 0 unspecified atom stereocenters. The average molecular weight is 210 g/mol. The number of rotatable bonds is 3. The van der Waals surface area contributed by atoms with E-state index in [1.165, 1.54) is 0 Å². The second kappa shape index (κ2) is 5.16. The molecular weight excluding hydrogens is 184 g/mol. The van der Waals surface area contributed by atoms with Crippen LogP contribution in [0, 0.1) is 17.8 Å². The van der Waals surface area contributed by atoms with Crippen LogP contribution >= 0.6 is 0 Å². The van der Waals surface area contributed by atoms with E-state index < -0.39 is 0 Å². The lowest BCUT2D eigenvalue weighted by atomic mass is 9.83. The van der Waals surface area contributed by atoms with Crippen LogP contribution in [0.25, 0.3) is 0 Å². The van der Waals surface area contributed by atoms with Gasteiger partial charge < -0.3 is 4.74 Å². The van der Waals surface area contributed by atoms with E-state index in [1.54, 1.807) is 11.1 Å². The lowest BCUT2D eigenvalue weighted by Crippen LogP contribution is -2.29. The molecule has 0 saturated carbocycles. The molecule has 0 aliphatic carbocycles. The maximum Gasteiger partial charge on any atom is 0.0686 e. The van der Waals surface area contributed by atoms with Crippen molar-refractivity contribution < 1.29 is 4.74 Å². The predicted molar refractivity (Wildman–Crippen MR) is 65.9 cm³/mol. The first-order chi connectivity index (χ1) is 6.93. The van der Waals surface area contributed by atoms with E-state index in [0.717, 1.165) is 13.0 Å². The van der Waals surface area contributed by atoms with Crippen molar-refractivity contribution >= 4 is 0 Å². The molecular formula is C14H26O. The van der Waals surface area contributed by atoms with Crippen LogP contribution in [0.15, 0.2) is 11.1 Å². The van der Waals surface area contributed by atoms with Gasteiger partial charge in [-0.1, -0.05) is 47.1 Å². The van der Waals surface area contributed by atoms with Gasteiger partial charge in [0.25, 0.3) is 0 Å². The summed E-state index contributed by atoms with van der Waals surface area (Å²) in [5.74, 6) is 1.94. The molecule has 15 heavy (non-hydrogen) atoms. The molecule has 1 atom stereocenters. The van der Waals surface area contributed by atoms with E-state index in [-0.39, 0.29) is 0 Å². The summed E-state index contributed by atoms with van der Waals surface area (Å²) in [6.45, 7) is 14.5. The minimum atomic E-state index is 0.435. The largest absolute Gasteiger partial charge is 0.373 e. The third kappa shape index (κ3) is 3.07. The van der Waals surface area contributed by atoms with Gasteiger partial charge in [0, 0.05) is 0 Å². The first-order valence-electron chi connectivity index (χ1n) is 6.26. The Morgan fingerprint density at radius 1 is 0.933 bits per heavy atom. The second-order valence-electron chi connectivity index (χ2n) is 5.66. The zero-order valence-electron chi connectivity index (χ0n) is 11.1. The number of hydrogen-bond acceptors (Lipinski definition) is 1. The van der Waals surface area contributed by atoms with Gasteiger partial charge in [0.1, 0.15) is 0 Å². The van der Waals surface area contributed by atoms with E-state index in [9.17, 15) is 0 Å². The third-order valence-electron chi connectivity index (χ3n) is 3.42. The van der Waals surface area contributed by atoms with Crippen LogP contribution in [0.2, 0.25) is 0 Å². The fourth-order valence-electron chi connectivity index (χ4n) is 2.27.